The van der Waals surface area contributed by atoms with Crippen LogP contribution in [0.3, 0.4) is 0 Å². The van der Waals surface area contributed by atoms with Gasteiger partial charge in [0.25, 0.3) is 0 Å². The topological polar surface area (TPSA) is 57.6 Å². The number of allylic oxidation sites excluding steroid dienone is 3. The SMILES string of the molecule is CC1=C2[C@@H](O)[C@H]([C@H](C)C(=O)N3CCCC3)CC[C@@]2(C)C=CC1=O. The van der Waals surface area contributed by atoms with Crippen LogP contribution in [0, 0.1) is 17.3 Å². The first-order chi connectivity index (χ1) is 10.8. The fourth-order valence-electron chi connectivity index (χ4n) is 4.58. The van der Waals surface area contributed by atoms with E-state index in [-0.39, 0.29) is 28.9 Å². The van der Waals surface area contributed by atoms with Crippen molar-refractivity contribution in [3.8, 4) is 0 Å². The van der Waals surface area contributed by atoms with Crippen molar-refractivity contribution in [2.24, 2.45) is 17.3 Å². The zero-order valence-electron chi connectivity index (χ0n) is 14.3. The molecule has 1 amide bonds. The number of nitrogens with zero attached hydrogens (tertiary/aromatic N) is 1. The molecule has 4 atom stereocenters. The Hall–Kier alpha value is -1.42. The van der Waals surface area contributed by atoms with Crippen molar-refractivity contribution in [1.82, 2.24) is 4.90 Å². The van der Waals surface area contributed by atoms with Crippen LogP contribution < -0.4 is 0 Å². The largest absolute Gasteiger partial charge is 0.388 e. The highest BCUT2D eigenvalue weighted by Gasteiger charge is 2.46. The van der Waals surface area contributed by atoms with Crippen LogP contribution >= 0.6 is 0 Å². The van der Waals surface area contributed by atoms with Gasteiger partial charge in [0.2, 0.25) is 5.91 Å². The van der Waals surface area contributed by atoms with Crippen LogP contribution in [-0.4, -0.2) is 40.9 Å². The Morgan fingerprint density at radius 1 is 1.39 bits per heavy atom. The van der Waals surface area contributed by atoms with Gasteiger partial charge in [-0.25, -0.2) is 0 Å². The molecule has 1 saturated carbocycles. The second-order valence-electron chi connectivity index (χ2n) is 7.62. The van der Waals surface area contributed by atoms with Gasteiger partial charge in [-0.1, -0.05) is 19.9 Å². The summed E-state index contributed by atoms with van der Waals surface area (Å²) < 4.78 is 0. The van der Waals surface area contributed by atoms with Crippen molar-refractivity contribution in [3.05, 3.63) is 23.3 Å². The molecular formula is C19H27NO3. The van der Waals surface area contributed by atoms with Crippen molar-refractivity contribution in [3.63, 3.8) is 0 Å². The van der Waals surface area contributed by atoms with E-state index < -0.39 is 6.10 Å². The number of hydrogen-bond donors (Lipinski definition) is 1. The minimum Gasteiger partial charge on any atom is -0.388 e. The molecule has 0 unspecified atom stereocenters. The predicted molar refractivity (Wildman–Crippen MR) is 88.7 cm³/mol. The number of likely N-dealkylation sites (tertiary alicyclic amines) is 1. The molecule has 0 radical (unpaired) electrons. The number of amides is 1. The van der Waals surface area contributed by atoms with Gasteiger partial charge in [0.05, 0.1) is 6.10 Å². The number of carbonyl (C=O) groups is 2. The van der Waals surface area contributed by atoms with Crippen LogP contribution in [0.15, 0.2) is 23.3 Å². The van der Waals surface area contributed by atoms with Gasteiger partial charge in [0.15, 0.2) is 5.78 Å². The zero-order valence-corrected chi connectivity index (χ0v) is 14.3. The van der Waals surface area contributed by atoms with E-state index in [1.54, 1.807) is 13.0 Å². The summed E-state index contributed by atoms with van der Waals surface area (Å²) in [5.74, 6) is -0.156. The lowest BCUT2D eigenvalue weighted by molar-refractivity contribution is -0.137. The number of hydrogen-bond acceptors (Lipinski definition) is 3. The third-order valence-electron chi connectivity index (χ3n) is 6.14. The number of aliphatic hydroxyl groups is 1. The standard InChI is InChI=1S/C19H27NO3/c1-12(18(23)20-10-4-5-11-20)14-6-8-19(3)9-7-15(21)13(2)16(19)17(14)22/h7,9,12,14,17,22H,4-6,8,10-11H2,1-3H3/t12-,14-,17-,19-/m0/s1. The second kappa shape index (κ2) is 5.90. The van der Waals surface area contributed by atoms with Gasteiger partial charge in [-0.05, 0) is 49.8 Å². The molecule has 0 spiro atoms. The highest BCUT2D eigenvalue weighted by atomic mass is 16.3. The molecule has 126 valence electrons. The highest BCUT2D eigenvalue weighted by Crippen LogP contribution is 2.49. The second-order valence-corrected chi connectivity index (χ2v) is 7.62. The Bertz CT molecular complexity index is 585. The molecular weight excluding hydrogens is 290 g/mol. The first-order valence-corrected chi connectivity index (χ1v) is 8.77. The average molecular weight is 317 g/mol. The molecule has 0 bridgehead atoms. The Morgan fingerprint density at radius 3 is 2.70 bits per heavy atom. The number of fused-ring (bicyclic) bond motifs is 1. The maximum absolute atomic E-state index is 12.7. The molecule has 4 nitrogen and oxygen atoms in total. The summed E-state index contributed by atoms with van der Waals surface area (Å²) in [7, 11) is 0. The summed E-state index contributed by atoms with van der Waals surface area (Å²) in [6.07, 6.45) is 6.70. The predicted octanol–water partition coefficient (Wildman–Crippen LogP) is 2.48. The quantitative estimate of drug-likeness (QED) is 0.851. The maximum Gasteiger partial charge on any atom is 0.225 e. The normalized spacial score (nSPS) is 35.5. The summed E-state index contributed by atoms with van der Waals surface area (Å²) in [5, 5.41) is 11.0. The van der Waals surface area contributed by atoms with Gasteiger partial charge in [-0.2, -0.15) is 0 Å². The Morgan fingerprint density at radius 2 is 2.04 bits per heavy atom. The molecule has 1 N–H and O–H groups in total. The molecule has 0 aromatic heterocycles. The molecule has 23 heavy (non-hydrogen) atoms. The lowest BCUT2D eigenvalue weighted by Crippen LogP contribution is -2.46. The fourth-order valence-corrected chi connectivity index (χ4v) is 4.58. The molecule has 3 rings (SSSR count). The van der Waals surface area contributed by atoms with Crippen LogP contribution in [0.25, 0.3) is 0 Å². The minimum absolute atomic E-state index is 0.0179. The van der Waals surface area contributed by atoms with E-state index in [4.69, 9.17) is 0 Å². The van der Waals surface area contributed by atoms with Crippen LogP contribution in [0.5, 0.6) is 0 Å². The third-order valence-corrected chi connectivity index (χ3v) is 6.14. The zero-order chi connectivity index (χ0) is 16.8. The highest BCUT2D eigenvalue weighted by molar-refractivity contribution is 6.05. The van der Waals surface area contributed by atoms with Gasteiger partial charge in [0.1, 0.15) is 0 Å². The summed E-state index contributed by atoms with van der Waals surface area (Å²) in [6.45, 7) is 7.51. The smallest absolute Gasteiger partial charge is 0.225 e. The molecule has 1 saturated heterocycles. The van der Waals surface area contributed by atoms with Crippen molar-refractivity contribution in [2.75, 3.05) is 13.1 Å². The molecule has 0 aromatic carbocycles. The third kappa shape index (κ3) is 2.67. The van der Waals surface area contributed by atoms with Gasteiger partial charge >= 0.3 is 0 Å². The number of aliphatic hydroxyl groups excluding tert-OH is 1. The monoisotopic (exact) mass is 317 g/mol. The molecule has 2 fully saturated rings. The summed E-state index contributed by atoms with van der Waals surface area (Å²) in [5.41, 5.74) is 1.25. The van der Waals surface area contributed by atoms with E-state index in [9.17, 15) is 14.7 Å². The van der Waals surface area contributed by atoms with E-state index in [0.29, 0.717) is 5.57 Å². The molecule has 1 heterocycles. The first kappa shape index (κ1) is 16.4. The number of ketones is 1. The van der Waals surface area contributed by atoms with Crippen molar-refractivity contribution < 1.29 is 14.7 Å². The summed E-state index contributed by atoms with van der Waals surface area (Å²) >= 11 is 0. The minimum atomic E-state index is -0.704. The van der Waals surface area contributed by atoms with E-state index in [2.05, 4.69) is 6.92 Å². The van der Waals surface area contributed by atoms with Crippen LogP contribution in [-0.2, 0) is 9.59 Å². The molecule has 4 heteroatoms. The molecule has 1 aliphatic heterocycles. The molecule has 2 aliphatic carbocycles. The van der Waals surface area contributed by atoms with Crippen LogP contribution in [0.4, 0.5) is 0 Å². The maximum atomic E-state index is 12.7. The van der Waals surface area contributed by atoms with Crippen molar-refractivity contribution >= 4 is 11.7 Å². The number of rotatable bonds is 2. The number of carbonyl (C=O) groups excluding carboxylic acids is 2. The Labute approximate surface area is 138 Å². The van der Waals surface area contributed by atoms with Gasteiger partial charge < -0.3 is 10.0 Å². The lowest BCUT2D eigenvalue weighted by atomic mass is 9.61. The lowest BCUT2D eigenvalue weighted by Gasteiger charge is -2.45. The van der Waals surface area contributed by atoms with Gasteiger partial charge in [0, 0.05) is 30.3 Å². The summed E-state index contributed by atoms with van der Waals surface area (Å²) in [6, 6.07) is 0. The molecule has 0 aromatic rings. The fraction of sp³-hybridized carbons (Fsp3) is 0.684. The van der Waals surface area contributed by atoms with Crippen molar-refractivity contribution in [2.45, 2.75) is 52.6 Å². The van der Waals surface area contributed by atoms with E-state index in [0.717, 1.165) is 44.3 Å². The molecule has 3 aliphatic rings. The van der Waals surface area contributed by atoms with Crippen molar-refractivity contribution in [1.29, 1.82) is 0 Å². The van der Waals surface area contributed by atoms with E-state index >= 15 is 0 Å². The first-order valence-electron chi connectivity index (χ1n) is 8.77. The Kier molecular flexibility index (Phi) is 4.21. The van der Waals surface area contributed by atoms with Gasteiger partial charge in [-0.3, -0.25) is 9.59 Å². The Balaban J connectivity index is 1.84. The average Bonchev–Trinajstić information content (AvgIpc) is 3.04. The van der Waals surface area contributed by atoms with E-state index in [1.807, 2.05) is 17.9 Å². The summed E-state index contributed by atoms with van der Waals surface area (Å²) in [4.78, 5) is 26.6. The van der Waals surface area contributed by atoms with Gasteiger partial charge in [-0.15, -0.1) is 0 Å². The van der Waals surface area contributed by atoms with Crippen LogP contribution in [0.2, 0.25) is 0 Å². The van der Waals surface area contributed by atoms with Crippen LogP contribution in [0.1, 0.15) is 46.5 Å². The van der Waals surface area contributed by atoms with E-state index in [1.165, 1.54) is 0 Å².